The molecule has 1 unspecified atom stereocenters. The van der Waals surface area contributed by atoms with Crippen molar-refractivity contribution in [3.63, 3.8) is 0 Å². The van der Waals surface area contributed by atoms with Gasteiger partial charge in [-0.05, 0) is 55.5 Å². The van der Waals surface area contributed by atoms with E-state index >= 15 is 0 Å². The van der Waals surface area contributed by atoms with Gasteiger partial charge >= 0.3 is 0 Å². The lowest BCUT2D eigenvalue weighted by molar-refractivity contribution is 0.205. The molecule has 35 heavy (non-hydrogen) atoms. The van der Waals surface area contributed by atoms with Crippen LogP contribution < -0.4 is 15.5 Å². The van der Waals surface area contributed by atoms with Gasteiger partial charge in [0.25, 0.3) is 5.78 Å². The third-order valence-corrected chi connectivity index (χ3v) is 6.88. The minimum Gasteiger partial charge on any atom is -0.461 e. The van der Waals surface area contributed by atoms with Crippen LogP contribution in [0, 0.1) is 12.8 Å². The lowest BCUT2D eigenvalue weighted by Gasteiger charge is -2.39. The minimum atomic E-state index is 0.276. The van der Waals surface area contributed by atoms with E-state index in [1.807, 2.05) is 18.3 Å². The number of fused-ring (bicyclic) bond motifs is 1. The maximum Gasteiger partial charge on any atom is 0.259 e. The highest BCUT2D eigenvalue weighted by molar-refractivity contribution is 5.53. The molecule has 0 aliphatic carbocycles. The van der Waals surface area contributed by atoms with Crippen LogP contribution >= 0.6 is 0 Å². The Morgan fingerprint density at radius 1 is 1.06 bits per heavy atom. The number of hydrogen-bond donors (Lipinski definition) is 1. The molecule has 182 valence electrons. The van der Waals surface area contributed by atoms with E-state index in [1.54, 1.807) is 12.3 Å². The van der Waals surface area contributed by atoms with Crippen molar-refractivity contribution in [2.45, 2.75) is 19.8 Å². The van der Waals surface area contributed by atoms with Gasteiger partial charge in [-0.1, -0.05) is 0 Å². The fourth-order valence-electron chi connectivity index (χ4n) is 5.06. The summed E-state index contributed by atoms with van der Waals surface area (Å²) in [6.07, 6.45) is 5.81. The number of furan rings is 1. The molecule has 1 atom stereocenters. The Balaban J connectivity index is 1.10. The normalized spacial score (nSPS) is 19.5. The second-order valence-electron chi connectivity index (χ2n) is 9.44. The predicted octanol–water partition coefficient (Wildman–Crippen LogP) is 2.10. The molecule has 11 nitrogen and oxygen atoms in total. The van der Waals surface area contributed by atoms with Gasteiger partial charge in [0.1, 0.15) is 5.82 Å². The van der Waals surface area contributed by atoms with E-state index in [-0.39, 0.29) is 5.95 Å². The van der Waals surface area contributed by atoms with Crippen LogP contribution in [0.2, 0.25) is 0 Å². The molecule has 2 aliphatic heterocycles. The molecule has 6 heterocycles. The smallest absolute Gasteiger partial charge is 0.259 e. The number of hydrogen-bond acceptors (Lipinski definition) is 10. The molecule has 11 heteroatoms. The molecule has 0 saturated carbocycles. The second kappa shape index (κ2) is 9.14. The second-order valence-corrected chi connectivity index (χ2v) is 9.44. The van der Waals surface area contributed by atoms with E-state index in [2.05, 4.69) is 52.7 Å². The van der Waals surface area contributed by atoms with Crippen molar-refractivity contribution in [2.75, 3.05) is 61.3 Å². The standard InChI is InChI=1S/C24H30N10O/c1-17-6-7-26-20(14-17)32-11-9-31(10-12-32)15-18-4-2-8-33(16-18)23-28-22(25)34-24(29-23)27-21(30-34)19-5-3-13-35-19/h3,5-7,13-14,18H,2,4,8-12,15-16H2,1H3,(H2,25,27,28,29,30). The van der Waals surface area contributed by atoms with Crippen LogP contribution in [0.3, 0.4) is 0 Å². The summed E-state index contributed by atoms with van der Waals surface area (Å²) >= 11 is 0. The van der Waals surface area contributed by atoms with Gasteiger partial charge in [0.15, 0.2) is 5.76 Å². The van der Waals surface area contributed by atoms with Gasteiger partial charge < -0.3 is 20.0 Å². The summed E-state index contributed by atoms with van der Waals surface area (Å²) < 4.78 is 6.87. The van der Waals surface area contributed by atoms with E-state index in [0.717, 1.165) is 58.1 Å². The number of anilines is 3. The topological polar surface area (TPSA) is 118 Å². The number of pyridine rings is 1. The zero-order valence-electron chi connectivity index (χ0n) is 19.9. The summed E-state index contributed by atoms with van der Waals surface area (Å²) in [7, 11) is 0. The molecule has 0 aromatic carbocycles. The molecule has 2 saturated heterocycles. The maximum absolute atomic E-state index is 6.22. The Morgan fingerprint density at radius 3 is 2.74 bits per heavy atom. The Hall–Kier alpha value is -3.73. The quantitative estimate of drug-likeness (QED) is 0.461. The molecule has 2 fully saturated rings. The van der Waals surface area contributed by atoms with Gasteiger partial charge in [0, 0.05) is 52.0 Å². The highest BCUT2D eigenvalue weighted by Crippen LogP contribution is 2.24. The predicted molar refractivity (Wildman–Crippen MR) is 133 cm³/mol. The largest absolute Gasteiger partial charge is 0.461 e. The highest BCUT2D eigenvalue weighted by atomic mass is 16.3. The number of nitrogens with zero attached hydrogens (tertiary/aromatic N) is 9. The van der Waals surface area contributed by atoms with Gasteiger partial charge in [-0.15, -0.1) is 5.10 Å². The van der Waals surface area contributed by atoms with E-state index in [1.165, 1.54) is 16.5 Å². The molecule has 4 aromatic rings. The lowest BCUT2D eigenvalue weighted by atomic mass is 9.97. The zero-order valence-corrected chi connectivity index (χ0v) is 19.9. The molecule has 2 aliphatic rings. The number of piperidine rings is 1. The van der Waals surface area contributed by atoms with Crippen LogP contribution in [-0.2, 0) is 0 Å². The van der Waals surface area contributed by atoms with Crippen molar-refractivity contribution < 1.29 is 4.42 Å². The Bertz CT molecular complexity index is 1300. The molecule has 0 amide bonds. The summed E-state index contributed by atoms with van der Waals surface area (Å²) in [4.78, 5) is 25.5. The first-order valence-electron chi connectivity index (χ1n) is 12.2. The van der Waals surface area contributed by atoms with E-state index < -0.39 is 0 Å². The number of aryl methyl sites for hydroxylation is 1. The van der Waals surface area contributed by atoms with Crippen LogP contribution in [0.5, 0.6) is 0 Å². The molecule has 6 rings (SSSR count). The van der Waals surface area contributed by atoms with Crippen molar-refractivity contribution >= 4 is 23.5 Å². The summed E-state index contributed by atoms with van der Waals surface area (Å²) in [6, 6.07) is 7.83. The molecule has 0 bridgehead atoms. The van der Waals surface area contributed by atoms with E-state index in [0.29, 0.717) is 29.2 Å². The number of nitrogens with two attached hydrogens (primary N) is 1. The van der Waals surface area contributed by atoms with Gasteiger partial charge in [-0.2, -0.15) is 19.5 Å². The fraction of sp³-hybridized carbons (Fsp3) is 0.458. The molecular weight excluding hydrogens is 444 g/mol. The van der Waals surface area contributed by atoms with Gasteiger partial charge in [0.05, 0.1) is 6.26 Å². The van der Waals surface area contributed by atoms with Crippen molar-refractivity contribution in [1.82, 2.24) is 34.4 Å². The number of rotatable bonds is 5. The highest BCUT2D eigenvalue weighted by Gasteiger charge is 2.27. The minimum absolute atomic E-state index is 0.276. The van der Waals surface area contributed by atoms with Crippen LogP contribution in [0.15, 0.2) is 41.1 Å². The van der Waals surface area contributed by atoms with Crippen molar-refractivity contribution in [2.24, 2.45) is 5.92 Å². The van der Waals surface area contributed by atoms with Crippen molar-refractivity contribution in [3.8, 4) is 11.6 Å². The van der Waals surface area contributed by atoms with Gasteiger partial charge in [-0.25, -0.2) is 4.98 Å². The van der Waals surface area contributed by atoms with Gasteiger partial charge in [-0.3, -0.25) is 4.90 Å². The number of nitrogen functional groups attached to an aromatic ring is 1. The SMILES string of the molecule is Cc1ccnc(N2CCN(CC3CCCN(c4nc(N)n5nc(-c6ccco6)nc5n4)C3)CC2)c1. The van der Waals surface area contributed by atoms with E-state index in [4.69, 9.17) is 10.2 Å². The Kier molecular flexibility index (Phi) is 5.69. The summed E-state index contributed by atoms with van der Waals surface area (Å²) in [6.45, 7) is 9.14. The average molecular weight is 475 g/mol. The number of piperazine rings is 1. The van der Waals surface area contributed by atoms with Crippen molar-refractivity contribution in [1.29, 1.82) is 0 Å². The summed E-state index contributed by atoms with van der Waals surface area (Å²) in [5.41, 5.74) is 7.47. The van der Waals surface area contributed by atoms with Crippen LogP contribution in [0.25, 0.3) is 17.4 Å². The van der Waals surface area contributed by atoms with Crippen LogP contribution in [-0.4, -0.2) is 80.3 Å². The average Bonchev–Trinajstić information content (AvgIpc) is 3.55. The Morgan fingerprint density at radius 2 is 1.94 bits per heavy atom. The zero-order chi connectivity index (χ0) is 23.8. The first-order valence-corrected chi connectivity index (χ1v) is 12.2. The van der Waals surface area contributed by atoms with Gasteiger partial charge in [0.2, 0.25) is 17.7 Å². The van der Waals surface area contributed by atoms with Crippen molar-refractivity contribution in [3.05, 3.63) is 42.3 Å². The molecular formula is C24H30N10O. The fourth-order valence-corrected chi connectivity index (χ4v) is 5.06. The summed E-state index contributed by atoms with van der Waals surface area (Å²) in [5, 5.41) is 4.39. The third-order valence-electron chi connectivity index (χ3n) is 6.88. The maximum atomic E-state index is 6.22. The molecule has 4 aromatic heterocycles. The molecule has 0 radical (unpaired) electrons. The molecule has 2 N–H and O–H groups in total. The van der Waals surface area contributed by atoms with Crippen LogP contribution in [0.1, 0.15) is 18.4 Å². The first-order chi connectivity index (χ1) is 17.1. The van der Waals surface area contributed by atoms with E-state index in [9.17, 15) is 0 Å². The first kappa shape index (κ1) is 21.8. The third kappa shape index (κ3) is 4.51. The molecule has 0 spiro atoms. The monoisotopic (exact) mass is 474 g/mol. The number of aromatic nitrogens is 6. The Labute approximate surface area is 203 Å². The van der Waals surface area contributed by atoms with Crippen LogP contribution in [0.4, 0.5) is 17.7 Å². The lowest BCUT2D eigenvalue weighted by Crippen LogP contribution is -2.50. The summed E-state index contributed by atoms with van der Waals surface area (Å²) in [5.74, 6) is 4.00.